The normalized spacial score (nSPS) is 14.4. The van der Waals surface area contributed by atoms with Crippen LogP contribution in [0.2, 0.25) is 0 Å². The fourth-order valence-electron chi connectivity index (χ4n) is 3.28. The Morgan fingerprint density at radius 1 is 1.11 bits per heavy atom. The minimum Gasteiger partial charge on any atom is -0.462 e. The van der Waals surface area contributed by atoms with Crippen LogP contribution in [0.4, 0.5) is 0 Å². The maximum Gasteiger partial charge on any atom is 0.338 e. The number of benzene rings is 2. The van der Waals surface area contributed by atoms with Crippen LogP contribution in [0.15, 0.2) is 48.0 Å². The van der Waals surface area contributed by atoms with Crippen LogP contribution in [0.3, 0.4) is 0 Å². The molecular formula is C22H18N2O3. The molecule has 1 unspecified atom stereocenters. The van der Waals surface area contributed by atoms with E-state index in [0.29, 0.717) is 34.4 Å². The van der Waals surface area contributed by atoms with E-state index in [1.165, 1.54) is 0 Å². The summed E-state index contributed by atoms with van der Waals surface area (Å²) in [6.07, 6.45) is 0.173. The fraction of sp³-hybridized carbons (Fsp3) is 0.227. The highest BCUT2D eigenvalue weighted by Gasteiger charge is 2.31. The summed E-state index contributed by atoms with van der Waals surface area (Å²) in [7, 11) is 0. The molecule has 2 aromatic rings. The molecule has 5 heteroatoms. The van der Waals surface area contributed by atoms with E-state index in [-0.39, 0.29) is 5.57 Å². The number of aliphatic hydroxyl groups is 1. The van der Waals surface area contributed by atoms with E-state index in [0.717, 1.165) is 18.4 Å². The Hall–Kier alpha value is -3.41. The summed E-state index contributed by atoms with van der Waals surface area (Å²) in [5.41, 5.74) is 3.68. The number of ether oxygens (including phenoxy) is 1. The number of carbonyl (C=O) groups excluding carboxylic acids is 1. The molecule has 0 fully saturated rings. The zero-order chi connectivity index (χ0) is 19.4. The van der Waals surface area contributed by atoms with Crippen molar-refractivity contribution >= 4 is 11.5 Å². The van der Waals surface area contributed by atoms with Crippen LogP contribution in [0, 0.1) is 22.7 Å². The quantitative estimate of drug-likeness (QED) is 0.324. The second kappa shape index (κ2) is 7.86. The Morgan fingerprint density at radius 2 is 1.81 bits per heavy atom. The molecule has 5 nitrogen and oxygen atoms in total. The van der Waals surface area contributed by atoms with Crippen molar-refractivity contribution in [2.24, 2.45) is 0 Å². The van der Waals surface area contributed by atoms with Crippen LogP contribution in [-0.2, 0) is 4.74 Å². The predicted octanol–water partition coefficient (Wildman–Crippen LogP) is 3.83. The number of rotatable bonds is 5. The molecule has 0 saturated carbocycles. The van der Waals surface area contributed by atoms with Gasteiger partial charge in [0, 0.05) is 11.1 Å². The molecule has 0 spiro atoms. The van der Waals surface area contributed by atoms with Gasteiger partial charge >= 0.3 is 5.97 Å². The van der Waals surface area contributed by atoms with E-state index in [4.69, 9.17) is 10.00 Å². The van der Waals surface area contributed by atoms with Gasteiger partial charge in [-0.15, -0.1) is 0 Å². The highest BCUT2D eigenvalue weighted by Crippen LogP contribution is 2.47. The minimum absolute atomic E-state index is 0.0276. The van der Waals surface area contributed by atoms with Gasteiger partial charge < -0.3 is 9.84 Å². The van der Waals surface area contributed by atoms with Gasteiger partial charge in [-0.25, -0.2) is 4.79 Å². The van der Waals surface area contributed by atoms with Crippen LogP contribution in [0.1, 0.15) is 41.3 Å². The summed E-state index contributed by atoms with van der Waals surface area (Å²) in [4.78, 5) is 12.6. The molecule has 2 aromatic carbocycles. The third-order valence-corrected chi connectivity index (χ3v) is 4.54. The van der Waals surface area contributed by atoms with Crippen LogP contribution >= 0.6 is 0 Å². The van der Waals surface area contributed by atoms with Gasteiger partial charge in [0.15, 0.2) is 6.10 Å². The Labute approximate surface area is 157 Å². The highest BCUT2D eigenvalue weighted by atomic mass is 16.5. The van der Waals surface area contributed by atoms with Gasteiger partial charge in [0.25, 0.3) is 0 Å². The van der Waals surface area contributed by atoms with E-state index >= 15 is 0 Å². The van der Waals surface area contributed by atoms with Crippen molar-refractivity contribution in [2.75, 3.05) is 6.61 Å². The van der Waals surface area contributed by atoms with Crippen LogP contribution in [0.5, 0.6) is 0 Å². The largest absolute Gasteiger partial charge is 0.462 e. The highest BCUT2D eigenvalue weighted by molar-refractivity contribution is 6.10. The molecule has 1 N–H and O–H groups in total. The lowest BCUT2D eigenvalue weighted by molar-refractivity contribution is 0.0500. The number of carbonyl (C=O) groups is 1. The number of nitriles is 2. The third kappa shape index (κ3) is 3.21. The van der Waals surface area contributed by atoms with Crippen LogP contribution in [-0.4, -0.2) is 23.8 Å². The zero-order valence-electron chi connectivity index (χ0n) is 14.9. The first kappa shape index (κ1) is 18.4. The Bertz CT molecular complexity index is 1010. The lowest BCUT2D eigenvalue weighted by Crippen LogP contribution is -2.09. The molecule has 0 aliphatic heterocycles. The maximum absolute atomic E-state index is 12.6. The number of nitrogens with zero attached hydrogens (tertiary/aromatic N) is 2. The topological polar surface area (TPSA) is 94.1 Å². The molecule has 1 atom stereocenters. The molecule has 1 aliphatic rings. The molecule has 0 aromatic heterocycles. The van der Waals surface area contributed by atoms with E-state index in [9.17, 15) is 15.2 Å². The average molecular weight is 358 g/mol. The molecule has 3 rings (SSSR count). The number of hydrogen-bond acceptors (Lipinski definition) is 5. The summed E-state index contributed by atoms with van der Waals surface area (Å²) >= 11 is 0. The molecule has 0 radical (unpaired) electrons. The Balaban J connectivity index is 2.23. The lowest BCUT2D eigenvalue weighted by Gasteiger charge is -2.10. The summed E-state index contributed by atoms with van der Waals surface area (Å²) in [5.74, 6) is -0.421. The van der Waals surface area contributed by atoms with Gasteiger partial charge in [0.1, 0.15) is 0 Å². The number of esters is 1. The SMILES string of the molecule is CCCCOC(=O)c1cccc2c1-c1ccccc1C2=C(C#N)C(O)C#N. The molecule has 134 valence electrons. The van der Waals surface area contributed by atoms with Crippen LogP contribution < -0.4 is 0 Å². The van der Waals surface area contributed by atoms with E-state index in [2.05, 4.69) is 0 Å². The maximum atomic E-state index is 12.6. The number of unbranched alkanes of at least 4 members (excludes halogenated alkanes) is 1. The molecule has 0 bridgehead atoms. The van der Waals surface area contributed by atoms with Crippen molar-refractivity contribution in [1.82, 2.24) is 0 Å². The lowest BCUT2D eigenvalue weighted by atomic mass is 9.95. The van der Waals surface area contributed by atoms with E-state index < -0.39 is 12.1 Å². The van der Waals surface area contributed by atoms with Gasteiger partial charge in [-0.2, -0.15) is 10.5 Å². The smallest absolute Gasteiger partial charge is 0.338 e. The Morgan fingerprint density at radius 3 is 2.48 bits per heavy atom. The van der Waals surface area contributed by atoms with Gasteiger partial charge in [-0.05, 0) is 29.2 Å². The zero-order valence-corrected chi connectivity index (χ0v) is 14.9. The second-order valence-electron chi connectivity index (χ2n) is 6.20. The monoisotopic (exact) mass is 358 g/mol. The number of fused-ring (bicyclic) bond motifs is 3. The predicted molar refractivity (Wildman–Crippen MR) is 100 cm³/mol. The van der Waals surface area contributed by atoms with Crippen LogP contribution in [0.25, 0.3) is 16.7 Å². The molecule has 0 amide bonds. The minimum atomic E-state index is -1.54. The van der Waals surface area contributed by atoms with Crippen molar-refractivity contribution in [1.29, 1.82) is 10.5 Å². The summed E-state index contributed by atoms with van der Waals surface area (Å²) in [6, 6.07) is 16.2. The van der Waals surface area contributed by atoms with Gasteiger partial charge in [-0.1, -0.05) is 49.7 Å². The number of aliphatic hydroxyl groups excluding tert-OH is 1. The van der Waals surface area contributed by atoms with Gasteiger partial charge in [-0.3, -0.25) is 0 Å². The second-order valence-corrected chi connectivity index (χ2v) is 6.20. The van der Waals surface area contributed by atoms with Crippen molar-refractivity contribution < 1.29 is 14.6 Å². The third-order valence-electron chi connectivity index (χ3n) is 4.54. The summed E-state index contributed by atoms with van der Waals surface area (Å²) < 4.78 is 5.38. The first-order valence-electron chi connectivity index (χ1n) is 8.76. The fourth-order valence-corrected chi connectivity index (χ4v) is 3.28. The number of hydrogen-bond donors (Lipinski definition) is 1. The first-order valence-corrected chi connectivity index (χ1v) is 8.76. The van der Waals surface area contributed by atoms with E-state index in [1.807, 2.05) is 37.3 Å². The van der Waals surface area contributed by atoms with Crippen molar-refractivity contribution in [3.8, 4) is 23.3 Å². The standard InChI is InChI=1S/C22H18N2O3/c1-2-3-11-27-22(26)17-10-6-9-16-20(17)14-7-4-5-8-15(14)21(16)18(12-23)19(25)13-24/h4-10,19,25H,2-3,11H2,1H3. The molecular weight excluding hydrogens is 340 g/mol. The average Bonchev–Trinajstić information content (AvgIpc) is 3.03. The van der Waals surface area contributed by atoms with Crippen molar-refractivity contribution in [3.05, 3.63) is 64.7 Å². The molecule has 1 aliphatic carbocycles. The van der Waals surface area contributed by atoms with E-state index in [1.54, 1.807) is 24.3 Å². The van der Waals surface area contributed by atoms with Gasteiger partial charge in [0.05, 0.1) is 29.9 Å². The van der Waals surface area contributed by atoms with Gasteiger partial charge in [0.2, 0.25) is 0 Å². The summed E-state index contributed by atoms with van der Waals surface area (Å²) in [5, 5.41) is 28.7. The molecule has 0 saturated heterocycles. The summed E-state index contributed by atoms with van der Waals surface area (Å²) in [6.45, 7) is 2.37. The molecule has 0 heterocycles. The first-order chi connectivity index (χ1) is 13.1. The molecule has 27 heavy (non-hydrogen) atoms. The Kier molecular flexibility index (Phi) is 5.35. The van der Waals surface area contributed by atoms with Crippen molar-refractivity contribution in [3.63, 3.8) is 0 Å². The van der Waals surface area contributed by atoms with Crippen molar-refractivity contribution in [2.45, 2.75) is 25.9 Å².